The second kappa shape index (κ2) is 9.11. The van der Waals surface area contributed by atoms with Crippen molar-refractivity contribution in [3.8, 4) is 0 Å². The Hall–Kier alpha value is -2.98. The molecule has 9 nitrogen and oxygen atoms in total. The number of amides is 3. The van der Waals surface area contributed by atoms with Crippen LogP contribution in [0.2, 0.25) is 0 Å². The molecule has 3 aliphatic rings. The number of aliphatic hydroxyl groups is 1. The number of hydrogen-bond donors (Lipinski definition) is 2. The predicted octanol–water partition coefficient (Wildman–Crippen LogP) is 1.04. The lowest BCUT2D eigenvalue weighted by atomic mass is 9.79. The topological polar surface area (TPSA) is 124 Å². The summed E-state index contributed by atoms with van der Waals surface area (Å²) >= 11 is 1.42. The molecule has 1 aromatic carbocycles. The molecular formula is C23H25N3O6S. The molecule has 174 valence electrons. The minimum atomic E-state index is -0.804. The van der Waals surface area contributed by atoms with Crippen molar-refractivity contribution >= 4 is 48.2 Å². The van der Waals surface area contributed by atoms with Crippen molar-refractivity contribution in [2.75, 3.05) is 11.9 Å². The highest BCUT2D eigenvalue weighted by molar-refractivity contribution is 8.03. The molecule has 4 rings (SSSR count). The molecule has 0 unspecified atom stereocenters. The zero-order valence-electron chi connectivity index (χ0n) is 18.2. The van der Waals surface area contributed by atoms with E-state index in [1.165, 1.54) is 21.6 Å². The maximum Gasteiger partial charge on any atom is 0.247 e. The maximum atomic E-state index is 12.9. The van der Waals surface area contributed by atoms with Crippen LogP contribution in [0.1, 0.15) is 30.6 Å². The molecular weight excluding hydrogens is 446 g/mol. The van der Waals surface area contributed by atoms with Crippen LogP contribution in [0.5, 0.6) is 0 Å². The minimum absolute atomic E-state index is 0.129. The minimum Gasteiger partial charge on any atom is -0.393 e. The van der Waals surface area contributed by atoms with Crippen molar-refractivity contribution in [3.63, 3.8) is 0 Å². The highest BCUT2D eigenvalue weighted by atomic mass is 32.2. The summed E-state index contributed by atoms with van der Waals surface area (Å²) in [4.78, 5) is 63.4. The van der Waals surface area contributed by atoms with Crippen molar-refractivity contribution in [2.45, 2.75) is 43.7 Å². The van der Waals surface area contributed by atoms with Gasteiger partial charge < -0.3 is 20.2 Å². The number of carbonyl (C=O) groups is 5. The Morgan fingerprint density at radius 3 is 2.67 bits per heavy atom. The molecule has 10 heteroatoms. The van der Waals surface area contributed by atoms with Gasteiger partial charge in [0, 0.05) is 33.9 Å². The first-order valence-electron chi connectivity index (χ1n) is 10.7. The number of nitrogens with zero attached hydrogens (tertiary/aromatic N) is 2. The van der Waals surface area contributed by atoms with Gasteiger partial charge in [-0.2, -0.15) is 0 Å². The molecule has 2 saturated heterocycles. The molecule has 3 heterocycles. The van der Waals surface area contributed by atoms with E-state index in [2.05, 4.69) is 5.32 Å². The second-order valence-electron chi connectivity index (χ2n) is 8.65. The lowest BCUT2D eigenvalue weighted by Crippen LogP contribution is -2.63. The summed E-state index contributed by atoms with van der Waals surface area (Å²) in [6, 6.07) is 5.55. The van der Waals surface area contributed by atoms with Gasteiger partial charge in [0.1, 0.15) is 12.3 Å². The van der Waals surface area contributed by atoms with Crippen LogP contribution in [0.4, 0.5) is 5.69 Å². The molecule has 1 aromatic rings. The number of aldehydes is 2. The number of allylic oxidation sites excluding steroid dienone is 1. The summed E-state index contributed by atoms with van der Waals surface area (Å²) in [6.07, 6.45) is 1.57. The predicted molar refractivity (Wildman–Crippen MR) is 121 cm³/mol. The van der Waals surface area contributed by atoms with Gasteiger partial charge >= 0.3 is 0 Å². The van der Waals surface area contributed by atoms with Crippen LogP contribution in [-0.4, -0.2) is 75.7 Å². The Morgan fingerprint density at radius 1 is 1.27 bits per heavy atom. The van der Waals surface area contributed by atoms with E-state index < -0.39 is 18.1 Å². The third kappa shape index (κ3) is 3.97. The number of β-lactam (4-membered cyclic amide) rings is 1. The van der Waals surface area contributed by atoms with Crippen LogP contribution in [0.25, 0.3) is 0 Å². The molecule has 33 heavy (non-hydrogen) atoms. The molecule has 2 fully saturated rings. The van der Waals surface area contributed by atoms with Crippen LogP contribution in [0, 0.1) is 11.8 Å². The molecule has 6 atom stereocenters. The number of carbonyl (C=O) groups excluding carboxylic acids is 5. The Labute approximate surface area is 195 Å². The number of anilines is 1. The van der Waals surface area contributed by atoms with Crippen LogP contribution in [0.15, 0.2) is 34.9 Å². The zero-order chi connectivity index (χ0) is 23.9. The first-order chi connectivity index (χ1) is 15.8. The second-order valence-corrected chi connectivity index (χ2v) is 9.99. The quantitative estimate of drug-likeness (QED) is 0.429. The van der Waals surface area contributed by atoms with Crippen molar-refractivity contribution in [3.05, 3.63) is 40.4 Å². The summed E-state index contributed by atoms with van der Waals surface area (Å²) < 4.78 is 0. The van der Waals surface area contributed by atoms with E-state index in [-0.39, 0.29) is 29.0 Å². The van der Waals surface area contributed by atoms with E-state index in [1.54, 1.807) is 31.2 Å². The monoisotopic (exact) mass is 471 g/mol. The highest BCUT2D eigenvalue weighted by Crippen LogP contribution is 2.51. The van der Waals surface area contributed by atoms with E-state index in [1.807, 2.05) is 6.92 Å². The first-order valence-corrected chi connectivity index (χ1v) is 11.6. The molecule has 0 saturated carbocycles. The third-order valence-corrected chi connectivity index (χ3v) is 8.09. The normalized spacial score (nSPS) is 29.4. The van der Waals surface area contributed by atoms with E-state index in [0.29, 0.717) is 48.9 Å². The van der Waals surface area contributed by atoms with Crippen LogP contribution >= 0.6 is 11.8 Å². The number of benzene rings is 1. The van der Waals surface area contributed by atoms with E-state index in [4.69, 9.17) is 0 Å². The van der Waals surface area contributed by atoms with Gasteiger partial charge in [-0.3, -0.25) is 24.0 Å². The van der Waals surface area contributed by atoms with Crippen molar-refractivity contribution in [1.29, 1.82) is 0 Å². The van der Waals surface area contributed by atoms with Crippen molar-refractivity contribution in [2.24, 2.45) is 11.8 Å². The van der Waals surface area contributed by atoms with Gasteiger partial charge in [-0.1, -0.05) is 19.1 Å². The molecule has 0 aromatic heterocycles. The number of nitrogens with one attached hydrogen (secondary N) is 1. The zero-order valence-corrected chi connectivity index (χ0v) is 19.0. The van der Waals surface area contributed by atoms with Gasteiger partial charge in [0.15, 0.2) is 6.29 Å². The summed E-state index contributed by atoms with van der Waals surface area (Å²) in [6.45, 7) is 3.82. The van der Waals surface area contributed by atoms with E-state index >= 15 is 0 Å². The number of hydrogen-bond acceptors (Lipinski definition) is 7. The molecule has 0 bridgehead atoms. The number of aliphatic hydroxyl groups excluding tert-OH is 1. The highest BCUT2D eigenvalue weighted by Gasteiger charge is 2.58. The van der Waals surface area contributed by atoms with Gasteiger partial charge in [-0.15, -0.1) is 11.8 Å². The molecule has 0 aliphatic carbocycles. The Kier molecular flexibility index (Phi) is 6.40. The molecule has 0 radical (unpaired) electrons. The SMILES string of the molecule is C[C@@H](O)[C@H]1C(=O)N2C(C=O)=C(S[C@H]3C[C@@H](C(=O)Nc4cccc(C=O)c4)N(C=O)C3)[C@H](C)[C@H]12. The largest absolute Gasteiger partial charge is 0.393 e. The van der Waals surface area contributed by atoms with E-state index in [0.717, 1.165) is 4.91 Å². The van der Waals surface area contributed by atoms with Crippen LogP contribution < -0.4 is 5.32 Å². The molecule has 3 amide bonds. The van der Waals surface area contributed by atoms with Crippen LogP contribution in [-0.2, 0) is 19.2 Å². The Morgan fingerprint density at radius 2 is 2.03 bits per heavy atom. The molecule has 0 spiro atoms. The number of rotatable bonds is 8. The maximum absolute atomic E-state index is 12.9. The lowest BCUT2D eigenvalue weighted by Gasteiger charge is -2.46. The average Bonchev–Trinajstić information content (AvgIpc) is 3.31. The van der Waals surface area contributed by atoms with Crippen molar-refractivity contribution in [1.82, 2.24) is 9.80 Å². The smallest absolute Gasteiger partial charge is 0.247 e. The first kappa shape index (κ1) is 23.2. The Bertz CT molecular complexity index is 1040. The standard InChI is InChI=1S/C23H25N3O6S/c1-12-20-19(13(2)30)23(32)26(20)18(10-28)21(12)33-16-7-17(25(8-16)11-29)22(31)24-15-5-3-4-14(6-15)9-27/h3-6,9-13,16-17,19-20,30H,7-8H2,1-2H3,(H,24,31)/t12-,13-,16+,17+,19-,20-/m1/s1. The fourth-order valence-corrected chi connectivity index (χ4v) is 6.51. The molecule has 2 N–H and O–H groups in total. The average molecular weight is 472 g/mol. The van der Waals surface area contributed by atoms with Gasteiger partial charge in [0.2, 0.25) is 18.2 Å². The van der Waals surface area contributed by atoms with Gasteiger partial charge in [0.25, 0.3) is 0 Å². The van der Waals surface area contributed by atoms with Crippen molar-refractivity contribution < 1.29 is 29.1 Å². The fraction of sp³-hybridized carbons (Fsp3) is 0.435. The number of fused-ring (bicyclic) bond motifs is 1. The third-order valence-electron chi connectivity index (χ3n) is 6.58. The van der Waals surface area contributed by atoms with Gasteiger partial charge in [-0.25, -0.2) is 0 Å². The Balaban J connectivity index is 1.48. The van der Waals surface area contributed by atoms with Crippen LogP contribution in [0.3, 0.4) is 0 Å². The fourth-order valence-electron chi connectivity index (χ4n) is 5.00. The summed E-state index contributed by atoms with van der Waals surface area (Å²) in [5.74, 6) is -1.28. The summed E-state index contributed by atoms with van der Waals surface area (Å²) in [5.41, 5.74) is 1.21. The summed E-state index contributed by atoms with van der Waals surface area (Å²) in [7, 11) is 0. The number of thioether (sulfide) groups is 1. The van der Waals surface area contributed by atoms with Gasteiger partial charge in [0.05, 0.1) is 23.8 Å². The van der Waals surface area contributed by atoms with E-state index in [9.17, 15) is 29.1 Å². The molecule has 3 aliphatic heterocycles. The summed E-state index contributed by atoms with van der Waals surface area (Å²) in [5, 5.41) is 12.6. The number of likely N-dealkylation sites (tertiary alicyclic amines) is 1. The lowest BCUT2D eigenvalue weighted by molar-refractivity contribution is -0.160. The van der Waals surface area contributed by atoms with Gasteiger partial charge in [-0.05, 0) is 25.5 Å².